The summed E-state index contributed by atoms with van der Waals surface area (Å²) in [7, 11) is 0. The van der Waals surface area contributed by atoms with Crippen molar-refractivity contribution in [2.24, 2.45) is 0 Å². The molecule has 1 aliphatic heterocycles. The van der Waals surface area contributed by atoms with Crippen LogP contribution in [0.25, 0.3) is 6.08 Å². The molecule has 0 saturated heterocycles. The van der Waals surface area contributed by atoms with Crippen LogP contribution in [0.2, 0.25) is 0 Å². The van der Waals surface area contributed by atoms with Gasteiger partial charge in [0.1, 0.15) is 19.0 Å². The predicted octanol–water partition coefficient (Wildman–Crippen LogP) is 2.45. The molecule has 0 unspecified atom stereocenters. The molecule has 35 heavy (non-hydrogen) atoms. The van der Waals surface area contributed by atoms with Crippen molar-refractivity contribution in [1.82, 2.24) is 0 Å². The molecule has 0 aromatic heterocycles. The van der Waals surface area contributed by atoms with Gasteiger partial charge in [0.25, 0.3) is 10.2 Å². The lowest BCUT2D eigenvalue weighted by Crippen LogP contribution is -2.41. The highest BCUT2D eigenvalue weighted by atomic mass is 19.4. The maximum absolute atomic E-state index is 13.5. The van der Waals surface area contributed by atoms with Crippen molar-refractivity contribution in [3.8, 4) is 5.75 Å². The van der Waals surface area contributed by atoms with Crippen LogP contribution in [0.4, 0.5) is 18.0 Å². The fourth-order valence-electron chi connectivity index (χ4n) is 2.88. The van der Waals surface area contributed by atoms with E-state index in [1.807, 2.05) is 0 Å². The fraction of sp³-hybridized carbons (Fsp3) is 0.444. The van der Waals surface area contributed by atoms with E-state index in [-0.39, 0.29) is 11.3 Å². The van der Waals surface area contributed by atoms with E-state index in [1.165, 1.54) is 13.0 Å². The summed E-state index contributed by atoms with van der Waals surface area (Å²) in [6.07, 6.45) is -10.0. The van der Waals surface area contributed by atoms with Crippen LogP contribution >= 0.6 is 0 Å². The molecule has 0 N–H and O–H groups in total. The molecule has 0 saturated carbocycles. The van der Waals surface area contributed by atoms with E-state index in [0.29, 0.717) is 11.1 Å². The van der Waals surface area contributed by atoms with Crippen molar-refractivity contribution in [3.63, 3.8) is 0 Å². The molecule has 2 rings (SSSR count). The molecule has 17 heteroatoms. The zero-order chi connectivity index (χ0) is 26.3. The number of rotatable bonds is 10. The Morgan fingerprint density at radius 2 is 1.69 bits per heavy atom. The quantitative estimate of drug-likeness (QED) is 0.195. The van der Waals surface area contributed by atoms with Crippen molar-refractivity contribution in [2.45, 2.75) is 32.2 Å². The second-order valence-corrected chi connectivity index (χ2v) is 6.86. The Morgan fingerprint density at radius 1 is 1.09 bits per heavy atom. The predicted molar refractivity (Wildman–Crippen MR) is 103 cm³/mol. The van der Waals surface area contributed by atoms with Gasteiger partial charge in [-0.15, -0.1) is 20.2 Å². The molecule has 192 valence electrons. The highest BCUT2D eigenvalue weighted by Gasteiger charge is 2.49. The first-order valence-corrected chi connectivity index (χ1v) is 9.39. The number of nitrogens with zero attached hydrogens (tertiary/aromatic N) is 2. The summed E-state index contributed by atoms with van der Waals surface area (Å²) >= 11 is 0. The van der Waals surface area contributed by atoms with Gasteiger partial charge in [-0.2, -0.15) is 13.2 Å². The minimum atomic E-state index is -4.99. The molecular weight excluding hydrogens is 493 g/mol. The van der Waals surface area contributed by atoms with Gasteiger partial charge in [-0.05, 0) is 31.6 Å². The van der Waals surface area contributed by atoms with Gasteiger partial charge in [0.2, 0.25) is 12.9 Å². The van der Waals surface area contributed by atoms with Gasteiger partial charge in [-0.3, -0.25) is 0 Å². The molecule has 0 bridgehead atoms. The topological polar surface area (TPSA) is 176 Å². The molecule has 1 aliphatic rings. The minimum absolute atomic E-state index is 0.0609. The van der Waals surface area contributed by atoms with Crippen LogP contribution in [0.15, 0.2) is 17.7 Å². The van der Waals surface area contributed by atoms with E-state index < -0.39 is 66.3 Å². The summed E-state index contributed by atoms with van der Waals surface area (Å²) in [4.78, 5) is 52.2. The Balaban J connectivity index is 2.03. The van der Waals surface area contributed by atoms with Gasteiger partial charge < -0.3 is 28.6 Å². The number of hydrogen-bond acceptors (Lipinski definition) is 12. The molecule has 0 aliphatic carbocycles. The van der Waals surface area contributed by atoms with Crippen LogP contribution in [-0.2, 0) is 28.7 Å². The van der Waals surface area contributed by atoms with Gasteiger partial charge in [-0.25, -0.2) is 9.59 Å². The number of carbonyl (C=O) groups excluding carboxylic acids is 2. The highest BCUT2D eigenvalue weighted by Crippen LogP contribution is 2.39. The van der Waals surface area contributed by atoms with Gasteiger partial charge in [0.05, 0.1) is 5.57 Å². The molecule has 1 aromatic rings. The summed E-state index contributed by atoms with van der Waals surface area (Å²) in [5.41, 5.74) is 0.404. The molecule has 0 amide bonds. The van der Waals surface area contributed by atoms with Gasteiger partial charge >= 0.3 is 18.3 Å². The maximum atomic E-state index is 13.5. The summed E-state index contributed by atoms with van der Waals surface area (Å²) in [5, 5.41) is 17.9. The van der Waals surface area contributed by atoms with Crippen LogP contribution in [0.5, 0.6) is 5.75 Å². The summed E-state index contributed by atoms with van der Waals surface area (Å²) in [6, 6.07) is 3.10. The maximum Gasteiger partial charge on any atom is 0.511 e. The van der Waals surface area contributed by atoms with Gasteiger partial charge in [0.15, 0.2) is 6.10 Å². The lowest BCUT2D eigenvalue weighted by Gasteiger charge is -2.29. The number of aryl methyl sites for hydroxylation is 2. The zero-order valence-corrected chi connectivity index (χ0v) is 17.9. The SMILES string of the molecule is Cc1cc(C)c2c(c1)C=C(C(=O)OCOC(=O)OC(CO[N+](=O)[O-])CO[N+](=O)[O-])[C@@H](C(F)(F)F)O2. The van der Waals surface area contributed by atoms with Crippen molar-refractivity contribution in [2.75, 3.05) is 20.0 Å². The van der Waals surface area contributed by atoms with Crippen LogP contribution in [0.1, 0.15) is 16.7 Å². The lowest BCUT2D eigenvalue weighted by atomic mass is 9.97. The van der Waals surface area contributed by atoms with E-state index in [9.17, 15) is 43.0 Å². The second kappa shape index (κ2) is 11.2. The standard InChI is InChI=1S/C18H17F3N2O12/c1-9-3-10(2)14-11(4-9)5-13(15(35-14)18(19,20)21)16(24)30-8-31-17(25)34-12(6-32-22(26)27)7-33-23(28)29/h3-5,12,15H,6-8H2,1-2H3/t15-/m0/s1. The number of hydrogen-bond donors (Lipinski definition) is 0. The molecule has 1 atom stereocenters. The largest absolute Gasteiger partial charge is 0.511 e. The molecule has 14 nitrogen and oxygen atoms in total. The first-order valence-electron chi connectivity index (χ1n) is 9.39. The van der Waals surface area contributed by atoms with Crippen LogP contribution in [0.3, 0.4) is 0 Å². The van der Waals surface area contributed by atoms with Crippen LogP contribution in [0, 0.1) is 34.1 Å². The first-order chi connectivity index (χ1) is 16.3. The van der Waals surface area contributed by atoms with Crippen molar-refractivity contribution in [3.05, 3.63) is 54.6 Å². The first kappa shape index (κ1) is 26.9. The number of halogens is 3. The van der Waals surface area contributed by atoms with Crippen molar-refractivity contribution in [1.29, 1.82) is 0 Å². The molecular formula is C18H17F3N2O12. The fourth-order valence-corrected chi connectivity index (χ4v) is 2.88. The van der Waals surface area contributed by atoms with Crippen molar-refractivity contribution >= 4 is 18.2 Å². The van der Waals surface area contributed by atoms with E-state index in [0.717, 1.165) is 6.08 Å². The third kappa shape index (κ3) is 7.90. The number of esters is 1. The average Bonchev–Trinajstić information content (AvgIpc) is 2.73. The Hall–Kier alpha value is -4.31. The van der Waals surface area contributed by atoms with E-state index in [2.05, 4.69) is 23.9 Å². The summed E-state index contributed by atoms with van der Waals surface area (Å²) in [6.45, 7) is 0.0702. The normalized spacial score (nSPS) is 14.7. The van der Waals surface area contributed by atoms with Gasteiger partial charge in [0, 0.05) is 5.56 Å². The Morgan fingerprint density at radius 3 is 2.23 bits per heavy atom. The van der Waals surface area contributed by atoms with Crippen molar-refractivity contribution < 1.29 is 61.6 Å². The average molecular weight is 510 g/mol. The monoisotopic (exact) mass is 510 g/mol. The van der Waals surface area contributed by atoms with Crippen LogP contribution < -0.4 is 4.74 Å². The van der Waals surface area contributed by atoms with E-state index >= 15 is 0 Å². The number of carbonyl (C=O) groups is 2. The second-order valence-electron chi connectivity index (χ2n) is 6.86. The Kier molecular flexibility index (Phi) is 8.63. The highest BCUT2D eigenvalue weighted by molar-refractivity contribution is 5.96. The Bertz CT molecular complexity index is 1010. The third-order valence-electron chi connectivity index (χ3n) is 4.17. The van der Waals surface area contributed by atoms with Gasteiger partial charge in [-0.1, -0.05) is 11.6 Å². The van der Waals surface area contributed by atoms with Crippen LogP contribution in [-0.4, -0.2) is 60.7 Å². The number of benzene rings is 1. The molecule has 1 aromatic carbocycles. The van der Waals surface area contributed by atoms with E-state index in [1.54, 1.807) is 13.0 Å². The molecule has 0 spiro atoms. The zero-order valence-electron chi connectivity index (χ0n) is 17.9. The lowest BCUT2D eigenvalue weighted by molar-refractivity contribution is -0.768. The third-order valence-corrected chi connectivity index (χ3v) is 4.17. The molecule has 1 heterocycles. The Labute approximate surface area is 193 Å². The minimum Gasteiger partial charge on any atom is -0.475 e. The summed E-state index contributed by atoms with van der Waals surface area (Å²) < 4.78 is 59.0. The number of alkyl halides is 3. The molecule has 0 radical (unpaired) electrons. The number of ether oxygens (including phenoxy) is 4. The van der Waals surface area contributed by atoms with E-state index in [4.69, 9.17) is 4.74 Å². The number of fused-ring (bicyclic) bond motifs is 1. The summed E-state index contributed by atoms with van der Waals surface area (Å²) in [5.74, 6) is -1.58. The molecule has 0 fully saturated rings. The smallest absolute Gasteiger partial charge is 0.475 e.